The van der Waals surface area contributed by atoms with E-state index in [0.29, 0.717) is 31.2 Å². The van der Waals surface area contributed by atoms with Gasteiger partial charge in [0.25, 0.3) is 5.91 Å². The molecule has 3 aromatic heterocycles. The number of carbonyl (C=O) groups is 1. The highest BCUT2D eigenvalue weighted by atomic mass is 16.2. The fraction of sp³-hybridized carbons (Fsp3) is 0.474. The number of piperidine rings is 1. The van der Waals surface area contributed by atoms with Gasteiger partial charge in [-0.05, 0) is 26.7 Å². The number of likely N-dealkylation sites (tertiary alicyclic amines) is 1. The summed E-state index contributed by atoms with van der Waals surface area (Å²) in [5.41, 5.74) is 1.21. The van der Waals surface area contributed by atoms with Crippen molar-refractivity contribution in [2.24, 2.45) is 0 Å². The van der Waals surface area contributed by atoms with Gasteiger partial charge in [-0.2, -0.15) is 0 Å². The highest BCUT2D eigenvalue weighted by Gasteiger charge is 2.28. The summed E-state index contributed by atoms with van der Waals surface area (Å²) in [5, 5.41) is 8.89. The molecule has 9 heteroatoms. The predicted octanol–water partition coefficient (Wildman–Crippen LogP) is 1.66. The van der Waals surface area contributed by atoms with Crippen LogP contribution in [0.5, 0.6) is 0 Å². The van der Waals surface area contributed by atoms with Crippen molar-refractivity contribution in [3.05, 3.63) is 54.2 Å². The smallest absolute Gasteiger partial charge is 0.274 e. The Kier molecular flexibility index (Phi) is 5.14. The molecule has 1 amide bonds. The molecule has 0 N–H and O–H groups in total. The molecular formula is C19H24N8O. The Labute approximate surface area is 163 Å². The van der Waals surface area contributed by atoms with Crippen LogP contribution in [0, 0.1) is 6.92 Å². The fourth-order valence-corrected chi connectivity index (χ4v) is 3.66. The highest BCUT2D eigenvalue weighted by molar-refractivity contribution is 5.92. The summed E-state index contributed by atoms with van der Waals surface area (Å²) in [6.07, 6.45) is 10.4. The third kappa shape index (κ3) is 3.64. The topological polar surface area (TPSA) is 94.6 Å². The summed E-state index contributed by atoms with van der Waals surface area (Å²) < 4.78 is 4.18. The SMILES string of the molecule is CCn1c(Cn2ccnc2)nnc1C1CCN(C(=O)c2cnc(C)cn2)CC1. The van der Waals surface area contributed by atoms with Crippen LogP contribution in [0.3, 0.4) is 0 Å². The second kappa shape index (κ2) is 7.87. The van der Waals surface area contributed by atoms with E-state index in [1.807, 2.05) is 22.6 Å². The Hall–Kier alpha value is -3.10. The van der Waals surface area contributed by atoms with Crippen LogP contribution in [0.15, 0.2) is 31.1 Å². The van der Waals surface area contributed by atoms with Gasteiger partial charge in [-0.1, -0.05) is 0 Å². The number of carbonyl (C=O) groups excluding carboxylic acids is 1. The standard InChI is InChI=1S/C19H24N8O/c1-3-27-17(12-25-9-6-20-13-25)23-24-18(27)15-4-7-26(8-5-15)19(28)16-11-21-14(2)10-22-16/h6,9-11,13,15H,3-5,7-8,12H2,1-2H3. The number of nitrogens with zero attached hydrogens (tertiary/aromatic N) is 8. The van der Waals surface area contributed by atoms with Crippen molar-refractivity contribution in [3.8, 4) is 0 Å². The molecule has 0 aliphatic carbocycles. The summed E-state index contributed by atoms with van der Waals surface area (Å²) in [6.45, 7) is 6.82. The predicted molar refractivity (Wildman–Crippen MR) is 102 cm³/mol. The minimum Gasteiger partial charge on any atom is -0.337 e. The van der Waals surface area contributed by atoms with Crippen molar-refractivity contribution >= 4 is 5.91 Å². The lowest BCUT2D eigenvalue weighted by molar-refractivity contribution is 0.0703. The van der Waals surface area contributed by atoms with Gasteiger partial charge in [-0.3, -0.25) is 9.78 Å². The van der Waals surface area contributed by atoms with Crippen LogP contribution in [0.1, 0.15) is 53.5 Å². The molecular weight excluding hydrogens is 356 g/mol. The first kappa shape index (κ1) is 18.3. The molecule has 0 spiro atoms. The van der Waals surface area contributed by atoms with E-state index in [4.69, 9.17) is 0 Å². The first-order valence-electron chi connectivity index (χ1n) is 9.61. The van der Waals surface area contributed by atoms with E-state index < -0.39 is 0 Å². The second-order valence-electron chi connectivity index (χ2n) is 7.06. The Morgan fingerprint density at radius 3 is 2.64 bits per heavy atom. The molecule has 9 nitrogen and oxygen atoms in total. The van der Waals surface area contributed by atoms with Crippen molar-refractivity contribution in [3.63, 3.8) is 0 Å². The zero-order valence-corrected chi connectivity index (χ0v) is 16.2. The van der Waals surface area contributed by atoms with E-state index in [9.17, 15) is 4.79 Å². The molecule has 146 valence electrons. The molecule has 4 heterocycles. The van der Waals surface area contributed by atoms with Gasteiger partial charge >= 0.3 is 0 Å². The molecule has 4 rings (SSSR count). The second-order valence-corrected chi connectivity index (χ2v) is 7.06. The first-order chi connectivity index (χ1) is 13.7. The van der Waals surface area contributed by atoms with Crippen LogP contribution in [-0.2, 0) is 13.1 Å². The molecule has 3 aromatic rings. The third-order valence-corrected chi connectivity index (χ3v) is 5.20. The number of hydrogen-bond acceptors (Lipinski definition) is 6. The van der Waals surface area contributed by atoms with Gasteiger partial charge in [0.2, 0.25) is 0 Å². The third-order valence-electron chi connectivity index (χ3n) is 5.20. The number of rotatable bonds is 5. The quantitative estimate of drug-likeness (QED) is 0.668. The fourth-order valence-electron chi connectivity index (χ4n) is 3.66. The summed E-state index contributed by atoms with van der Waals surface area (Å²) in [4.78, 5) is 27.0. The van der Waals surface area contributed by atoms with Gasteiger partial charge in [0, 0.05) is 44.1 Å². The molecule has 1 aliphatic rings. The molecule has 0 radical (unpaired) electrons. The normalized spacial score (nSPS) is 15.1. The van der Waals surface area contributed by atoms with Gasteiger partial charge in [0.1, 0.15) is 11.5 Å². The minimum atomic E-state index is -0.0521. The van der Waals surface area contributed by atoms with Crippen molar-refractivity contribution in [1.82, 2.24) is 39.2 Å². The van der Waals surface area contributed by atoms with Gasteiger partial charge in [-0.25, -0.2) is 9.97 Å². The van der Waals surface area contributed by atoms with Crippen LogP contribution in [0.4, 0.5) is 0 Å². The lowest BCUT2D eigenvalue weighted by Gasteiger charge is -2.31. The van der Waals surface area contributed by atoms with Crippen LogP contribution in [-0.4, -0.2) is 58.2 Å². The summed E-state index contributed by atoms with van der Waals surface area (Å²) in [6, 6.07) is 0. The molecule has 28 heavy (non-hydrogen) atoms. The van der Waals surface area contributed by atoms with Crippen molar-refractivity contribution < 1.29 is 4.79 Å². The van der Waals surface area contributed by atoms with Crippen molar-refractivity contribution in [2.45, 2.75) is 45.7 Å². The Balaban J connectivity index is 1.43. The Morgan fingerprint density at radius 1 is 1.18 bits per heavy atom. The lowest BCUT2D eigenvalue weighted by atomic mass is 9.95. The van der Waals surface area contributed by atoms with Gasteiger partial charge in [-0.15, -0.1) is 10.2 Å². The van der Waals surface area contributed by atoms with E-state index in [1.54, 1.807) is 24.9 Å². The number of aromatic nitrogens is 7. The monoisotopic (exact) mass is 380 g/mol. The Morgan fingerprint density at radius 2 is 2.00 bits per heavy atom. The Bertz CT molecular complexity index is 924. The van der Waals surface area contributed by atoms with E-state index in [1.165, 1.54) is 0 Å². The maximum Gasteiger partial charge on any atom is 0.274 e. The molecule has 1 aliphatic heterocycles. The average Bonchev–Trinajstić information content (AvgIpc) is 3.38. The number of amides is 1. The van der Waals surface area contributed by atoms with Crippen molar-refractivity contribution in [2.75, 3.05) is 13.1 Å². The van der Waals surface area contributed by atoms with Gasteiger partial charge in [0.05, 0.1) is 24.8 Å². The number of imidazole rings is 1. The van der Waals surface area contributed by atoms with Gasteiger partial charge in [0.15, 0.2) is 5.82 Å². The van der Waals surface area contributed by atoms with Crippen LogP contribution >= 0.6 is 0 Å². The van der Waals surface area contributed by atoms with Crippen LogP contribution < -0.4 is 0 Å². The first-order valence-corrected chi connectivity index (χ1v) is 9.61. The lowest BCUT2D eigenvalue weighted by Crippen LogP contribution is -2.38. The van der Waals surface area contributed by atoms with Crippen LogP contribution in [0.2, 0.25) is 0 Å². The number of aryl methyl sites for hydroxylation is 1. The maximum atomic E-state index is 12.6. The molecule has 0 bridgehead atoms. The minimum absolute atomic E-state index is 0.0521. The average molecular weight is 380 g/mol. The molecule has 0 aromatic carbocycles. The zero-order chi connectivity index (χ0) is 19.5. The summed E-state index contributed by atoms with van der Waals surface area (Å²) in [5.74, 6) is 2.20. The van der Waals surface area contributed by atoms with E-state index in [2.05, 4.69) is 36.6 Å². The van der Waals surface area contributed by atoms with E-state index in [0.717, 1.165) is 36.7 Å². The molecule has 0 atom stereocenters. The molecule has 0 unspecified atom stereocenters. The van der Waals surface area contributed by atoms with E-state index in [-0.39, 0.29) is 5.91 Å². The largest absolute Gasteiger partial charge is 0.337 e. The summed E-state index contributed by atoms with van der Waals surface area (Å²) >= 11 is 0. The summed E-state index contributed by atoms with van der Waals surface area (Å²) in [7, 11) is 0. The van der Waals surface area contributed by atoms with Crippen LogP contribution in [0.25, 0.3) is 0 Å². The molecule has 0 saturated carbocycles. The van der Waals surface area contributed by atoms with Crippen molar-refractivity contribution in [1.29, 1.82) is 0 Å². The number of hydrogen-bond donors (Lipinski definition) is 0. The molecule has 1 fully saturated rings. The van der Waals surface area contributed by atoms with Gasteiger partial charge < -0.3 is 14.0 Å². The maximum absolute atomic E-state index is 12.6. The van der Waals surface area contributed by atoms with E-state index >= 15 is 0 Å². The highest BCUT2D eigenvalue weighted by Crippen LogP contribution is 2.28. The zero-order valence-electron chi connectivity index (χ0n) is 16.2. The molecule has 1 saturated heterocycles.